The SMILES string of the molecule is Fc1ccc2nc(N3CC(Cn4cc(Br)cn4)C3)sc2c1. The molecule has 3 aromatic rings. The van der Waals surface area contributed by atoms with Gasteiger partial charge in [0, 0.05) is 31.7 Å². The average molecular weight is 367 g/mol. The fourth-order valence-corrected chi connectivity index (χ4v) is 3.90. The van der Waals surface area contributed by atoms with Gasteiger partial charge in [0.05, 0.1) is 20.9 Å². The first-order valence-corrected chi connectivity index (χ1v) is 8.27. The summed E-state index contributed by atoms with van der Waals surface area (Å²) >= 11 is 4.96. The van der Waals surface area contributed by atoms with E-state index in [0.717, 1.165) is 39.5 Å². The van der Waals surface area contributed by atoms with Crippen LogP contribution in [0.5, 0.6) is 0 Å². The molecule has 3 heterocycles. The smallest absolute Gasteiger partial charge is 0.186 e. The molecule has 2 aromatic heterocycles. The quantitative estimate of drug-likeness (QED) is 0.710. The van der Waals surface area contributed by atoms with E-state index >= 15 is 0 Å². The second-order valence-corrected chi connectivity index (χ2v) is 7.18. The van der Waals surface area contributed by atoms with Crippen molar-refractivity contribution in [3.8, 4) is 0 Å². The van der Waals surface area contributed by atoms with Gasteiger partial charge in [-0.2, -0.15) is 5.10 Å². The Balaban J connectivity index is 1.44. The Morgan fingerprint density at radius 1 is 1.38 bits per heavy atom. The number of nitrogens with zero attached hydrogens (tertiary/aromatic N) is 4. The van der Waals surface area contributed by atoms with E-state index in [1.807, 2.05) is 10.9 Å². The van der Waals surface area contributed by atoms with Gasteiger partial charge < -0.3 is 4.90 Å². The molecule has 1 aliphatic heterocycles. The van der Waals surface area contributed by atoms with E-state index in [0.29, 0.717) is 5.92 Å². The maximum Gasteiger partial charge on any atom is 0.186 e. The van der Waals surface area contributed by atoms with Crippen LogP contribution in [-0.2, 0) is 6.54 Å². The number of hydrogen-bond acceptors (Lipinski definition) is 4. The first-order valence-electron chi connectivity index (χ1n) is 6.66. The third-order valence-electron chi connectivity index (χ3n) is 3.61. The molecule has 7 heteroatoms. The molecule has 1 saturated heterocycles. The van der Waals surface area contributed by atoms with Crippen molar-refractivity contribution in [2.45, 2.75) is 6.54 Å². The molecule has 0 radical (unpaired) electrons. The lowest BCUT2D eigenvalue weighted by molar-refractivity contribution is 0.342. The van der Waals surface area contributed by atoms with Crippen molar-refractivity contribution in [3.63, 3.8) is 0 Å². The summed E-state index contributed by atoms with van der Waals surface area (Å²) in [6, 6.07) is 4.75. The molecule has 4 rings (SSSR count). The van der Waals surface area contributed by atoms with Crippen LogP contribution in [0, 0.1) is 11.7 Å². The van der Waals surface area contributed by atoms with Crippen LogP contribution in [0.4, 0.5) is 9.52 Å². The maximum atomic E-state index is 13.2. The zero-order valence-corrected chi connectivity index (χ0v) is 13.4. The van der Waals surface area contributed by atoms with E-state index in [2.05, 4.69) is 30.9 Å². The van der Waals surface area contributed by atoms with Gasteiger partial charge in [0.25, 0.3) is 0 Å². The average Bonchev–Trinajstić information content (AvgIpc) is 2.98. The summed E-state index contributed by atoms with van der Waals surface area (Å²) in [5.41, 5.74) is 0.871. The summed E-state index contributed by atoms with van der Waals surface area (Å²) in [6.45, 7) is 2.86. The highest BCUT2D eigenvalue weighted by Gasteiger charge is 2.29. The molecule has 0 atom stereocenters. The summed E-state index contributed by atoms with van der Waals surface area (Å²) < 4.78 is 17.1. The van der Waals surface area contributed by atoms with E-state index < -0.39 is 0 Å². The highest BCUT2D eigenvalue weighted by atomic mass is 79.9. The predicted octanol–water partition coefficient (Wildman–Crippen LogP) is 3.53. The van der Waals surface area contributed by atoms with Crippen LogP contribution >= 0.6 is 27.3 Å². The second kappa shape index (κ2) is 5.06. The van der Waals surface area contributed by atoms with Crippen LogP contribution in [0.25, 0.3) is 10.2 Å². The number of hydrogen-bond donors (Lipinski definition) is 0. The molecule has 1 aliphatic rings. The topological polar surface area (TPSA) is 34.0 Å². The maximum absolute atomic E-state index is 13.2. The molecule has 1 fully saturated rings. The highest BCUT2D eigenvalue weighted by Crippen LogP contribution is 2.33. The summed E-state index contributed by atoms with van der Waals surface area (Å²) in [5.74, 6) is 0.379. The Morgan fingerprint density at radius 2 is 2.24 bits per heavy atom. The molecule has 0 amide bonds. The van der Waals surface area contributed by atoms with Crippen molar-refractivity contribution in [1.29, 1.82) is 0 Å². The minimum absolute atomic E-state index is 0.205. The Labute approximate surface area is 133 Å². The van der Waals surface area contributed by atoms with Gasteiger partial charge in [-0.1, -0.05) is 11.3 Å². The predicted molar refractivity (Wildman–Crippen MR) is 85.2 cm³/mol. The minimum atomic E-state index is -0.205. The van der Waals surface area contributed by atoms with E-state index in [4.69, 9.17) is 0 Å². The van der Waals surface area contributed by atoms with Crippen molar-refractivity contribution in [2.24, 2.45) is 5.92 Å². The van der Waals surface area contributed by atoms with E-state index in [9.17, 15) is 4.39 Å². The molecule has 0 spiro atoms. The second-order valence-electron chi connectivity index (χ2n) is 5.26. The molecule has 4 nitrogen and oxygen atoms in total. The van der Waals surface area contributed by atoms with Crippen molar-refractivity contribution >= 4 is 42.6 Å². The van der Waals surface area contributed by atoms with Gasteiger partial charge in [-0.25, -0.2) is 9.37 Å². The molecule has 21 heavy (non-hydrogen) atoms. The zero-order valence-electron chi connectivity index (χ0n) is 11.0. The van der Waals surface area contributed by atoms with Gasteiger partial charge in [0.2, 0.25) is 0 Å². The van der Waals surface area contributed by atoms with Gasteiger partial charge in [0.15, 0.2) is 5.13 Å². The summed E-state index contributed by atoms with van der Waals surface area (Å²) in [5, 5.41) is 5.26. The van der Waals surface area contributed by atoms with Gasteiger partial charge >= 0.3 is 0 Å². The van der Waals surface area contributed by atoms with E-state index in [1.54, 1.807) is 29.7 Å². The van der Waals surface area contributed by atoms with Crippen LogP contribution < -0.4 is 4.90 Å². The van der Waals surface area contributed by atoms with E-state index in [1.165, 1.54) is 6.07 Å². The Bertz CT molecular complexity index is 793. The third-order valence-corrected chi connectivity index (χ3v) is 5.10. The molecule has 1 aromatic carbocycles. The highest BCUT2D eigenvalue weighted by molar-refractivity contribution is 9.10. The van der Waals surface area contributed by atoms with Crippen LogP contribution in [0.3, 0.4) is 0 Å². The monoisotopic (exact) mass is 366 g/mol. The Kier molecular flexibility index (Phi) is 3.19. The van der Waals surface area contributed by atoms with Gasteiger partial charge in [-0.05, 0) is 34.1 Å². The van der Waals surface area contributed by atoms with Gasteiger partial charge in [-0.15, -0.1) is 0 Å². The summed E-state index contributed by atoms with van der Waals surface area (Å²) in [7, 11) is 0. The van der Waals surface area contributed by atoms with Crippen molar-refractivity contribution in [1.82, 2.24) is 14.8 Å². The molecule has 0 unspecified atom stereocenters. The number of thiazole rings is 1. The van der Waals surface area contributed by atoms with Crippen molar-refractivity contribution in [3.05, 3.63) is 40.9 Å². The fraction of sp³-hybridized carbons (Fsp3) is 0.286. The molecule has 0 bridgehead atoms. The lowest BCUT2D eigenvalue weighted by atomic mass is 10.0. The number of fused-ring (bicyclic) bond motifs is 1. The molecule has 108 valence electrons. The number of benzene rings is 1. The lowest BCUT2D eigenvalue weighted by Gasteiger charge is -2.39. The zero-order chi connectivity index (χ0) is 14.4. The Hall–Kier alpha value is -1.47. The van der Waals surface area contributed by atoms with Crippen LogP contribution in [-0.4, -0.2) is 27.9 Å². The molecule has 0 saturated carbocycles. The molecular formula is C14H12BrFN4S. The number of halogens is 2. The van der Waals surface area contributed by atoms with Crippen LogP contribution in [0.15, 0.2) is 35.1 Å². The van der Waals surface area contributed by atoms with Crippen LogP contribution in [0.1, 0.15) is 0 Å². The Morgan fingerprint density at radius 3 is 3.00 bits per heavy atom. The number of anilines is 1. The van der Waals surface area contributed by atoms with Gasteiger partial charge in [-0.3, -0.25) is 4.68 Å². The van der Waals surface area contributed by atoms with Crippen molar-refractivity contribution < 1.29 is 4.39 Å². The van der Waals surface area contributed by atoms with Crippen molar-refractivity contribution in [2.75, 3.05) is 18.0 Å². The number of aromatic nitrogens is 3. The fourth-order valence-electron chi connectivity index (χ4n) is 2.57. The standard InChI is InChI=1S/C14H12BrFN4S/c15-10-4-17-20(8-10)7-9-5-19(6-9)14-18-12-2-1-11(16)3-13(12)21-14/h1-4,8-9H,5-7H2. The number of rotatable bonds is 3. The molecule has 0 aliphatic carbocycles. The minimum Gasteiger partial charge on any atom is -0.347 e. The van der Waals surface area contributed by atoms with Crippen LogP contribution in [0.2, 0.25) is 0 Å². The first kappa shape index (κ1) is 13.2. The molecule has 0 N–H and O–H groups in total. The third kappa shape index (κ3) is 2.55. The van der Waals surface area contributed by atoms with Gasteiger partial charge in [0.1, 0.15) is 5.82 Å². The largest absolute Gasteiger partial charge is 0.347 e. The summed E-state index contributed by atoms with van der Waals surface area (Å²) in [4.78, 5) is 6.81. The van der Waals surface area contributed by atoms with E-state index in [-0.39, 0.29) is 5.82 Å². The normalized spacial score (nSPS) is 15.6. The molecular weight excluding hydrogens is 355 g/mol. The lowest BCUT2D eigenvalue weighted by Crippen LogP contribution is -2.48. The summed E-state index contributed by atoms with van der Waals surface area (Å²) in [6.07, 6.45) is 3.79. The first-order chi connectivity index (χ1) is 10.2.